The maximum absolute atomic E-state index is 4.23. The van der Waals surface area contributed by atoms with Crippen molar-refractivity contribution in [2.45, 2.75) is 73.1 Å². The first-order chi connectivity index (χ1) is 7.92. The first-order valence-electron chi connectivity index (χ1n) is 7.59. The van der Waals surface area contributed by atoms with Gasteiger partial charge in [-0.1, -0.05) is 53.2 Å². The van der Waals surface area contributed by atoms with Gasteiger partial charge in [-0.3, -0.25) is 0 Å². The van der Waals surface area contributed by atoms with Gasteiger partial charge in [0.2, 0.25) is 0 Å². The summed E-state index contributed by atoms with van der Waals surface area (Å²) in [5.41, 5.74) is 2.17. The Morgan fingerprint density at radius 3 is 2.41 bits per heavy atom. The molecule has 1 fully saturated rings. The normalized spacial score (nSPS) is 27.8. The van der Waals surface area contributed by atoms with E-state index in [1.54, 1.807) is 0 Å². The van der Waals surface area contributed by atoms with Crippen LogP contribution in [-0.4, -0.2) is 0 Å². The van der Waals surface area contributed by atoms with Crippen LogP contribution in [0.4, 0.5) is 0 Å². The molecule has 2 atom stereocenters. The molecule has 0 aromatic rings. The molecular formula is C17H32. The summed E-state index contributed by atoms with van der Waals surface area (Å²) in [6.07, 6.45) is 8.14. The minimum atomic E-state index is 0.701. The van der Waals surface area contributed by atoms with Crippen LogP contribution >= 0.6 is 0 Å². The molecule has 0 heteroatoms. The predicted molar refractivity (Wildman–Crippen MR) is 78.1 cm³/mol. The summed E-state index contributed by atoms with van der Waals surface area (Å²) in [5.74, 6) is 2.63. The fraction of sp³-hybridized carbons (Fsp3) is 0.882. The summed E-state index contributed by atoms with van der Waals surface area (Å²) in [6.45, 7) is 16.0. The molecule has 1 rings (SSSR count). The van der Waals surface area contributed by atoms with Gasteiger partial charge in [-0.25, -0.2) is 0 Å². The van der Waals surface area contributed by atoms with Crippen molar-refractivity contribution < 1.29 is 0 Å². The summed E-state index contributed by atoms with van der Waals surface area (Å²) in [4.78, 5) is 0. The molecule has 1 aliphatic carbocycles. The Balaban J connectivity index is 2.33. The first-order valence-corrected chi connectivity index (χ1v) is 7.59. The van der Waals surface area contributed by atoms with Crippen LogP contribution in [-0.2, 0) is 0 Å². The van der Waals surface area contributed by atoms with Gasteiger partial charge in [-0.05, 0) is 55.3 Å². The van der Waals surface area contributed by atoms with Crippen LogP contribution in [0.25, 0.3) is 0 Å². The summed E-state index contributed by atoms with van der Waals surface area (Å²) >= 11 is 0. The van der Waals surface area contributed by atoms with E-state index in [-0.39, 0.29) is 0 Å². The highest BCUT2D eigenvalue weighted by atomic mass is 14.6. The van der Waals surface area contributed by atoms with Crippen molar-refractivity contribution in [2.75, 3.05) is 0 Å². The lowest BCUT2D eigenvalue weighted by molar-refractivity contribution is 0.291. The Hall–Kier alpha value is -0.260. The Morgan fingerprint density at radius 1 is 1.29 bits per heavy atom. The maximum atomic E-state index is 4.23. The zero-order valence-electron chi connectivity index (χ0n) is 12.7. The standard InChI is InChI=1S/C17H32/c1-7-10-17(14(4)5)12-16(17)9-8-15(6)11-13(2)3/h13-14,16H,6-12H2,1-5H3. The van der Waals surface area contributed by atoms with Gasteiger partial charge in [0.05, 0.1) is 0 Å². The lowest BCUT2D eigenvalue weighted by Crippen LogP contribution is -2.12. The molecule has 0 N–H and O–H groups in total. The third kappa shape index (κ3) is 3.86. The second kappa shape index (κ2) is 6.07. The molecule has 1 saturated carbocycles. The maximum Gasteiger partial charge on any atom is -0.0243 e. The van der Waals surface area contributed by atoms with E-state index in [1.165, 1.54) is 44.1 Å². The van der Waals surface area contributed by atoms with Crippen molar-refractivity contribution in [3.63, 3.8) is 0 Å². The Bertz CT molecular complexity index is 249. The van der Waals surface area contributed by atoms with Crippen LogP contribution < -0.4 is 0 Å². The third-order valence-electron chi connectivity index (χ3n) is 4.69. The van der Waals surface area contributed by atoms with Gasteiger partial charge in [0.1, 0.15) is 0 Å². The predicted octanol–water partition coefficient (Wildman–Crippen LogP) is 5.83. The van der Waals surface area contributed by atoms with E-state index in [0.717, 1.165) is 17.8 Å². The molecule has 0 amide bonds. The lowest BCUT2D eigenvalue weighted by Gasteiger charge is -2.21. The second-order valence-electron chi connectivity index (χ2n) is 6.93. The second-order valence-corrected chi connectivity index (χ2v) is 6.93. The molecule has 0 aliphatic heterocycles. The first kappa shape index (κ1) is 14.8. The summed E-state index contributed by atoms with van der Waals surface area (Å²) < 4.78 is 0. The monoisotopic (exact) mass is 236 g/mol. The van der Waals surface area contributed by atoms with Gasteiger partial charge in [0.25, 0.3) is 0 Å². The van der Waals surface area contributed by atoms with Gasteiger partial charge in [-0.2, -0.15) is 0 Å². The van der Waals surface area contributed by atoms with E-state index in [9.17, 15) is 0 Å². The molecule has 2 unspecified atom stereocenters. The molecule has 0 heterocycles. The quantitative estimate of drug-likeness (QED) is 0.465. The summed E-state index contributed by atoms with van der Waals surface area (Å²) in [5, 5.41) is 0. The Morgan fingerprint density at radius 2 is 1.94 bits per heavy atom. The fourth-order valence-electron chi connectivity index (χ4n) is 3.61. The van der Waals surface area contributed by atoms with E-state index >= 15 is 0 Å². The highest BCUT2D eigenvalue weighted by molar-refractivity contribution is 5.06. The molecule has 1 aliphatic rings. The Labute approximate surface area is 109 Å². The Kier molecular flexibility index (Phi) is 5.28. The lowest BCUT2D eigenvalue weighted by atomic mass is 9.84. The van der Waals surface area contributed by atoms with Gasteiger partial charge >= 0.3 is 0 Å². The number of hydrogen-bond donors (Lipinski definition) is 0. The molecule has 0 aromatic carbocycles. The van der Waals surface area contributed by atoms with E-state index in [2.05, 4.69) is 41.2 Å². The number of hydrogen-bond acceptors (Lipinski definition) is 0. The molecule has 0 aromatic heterocycles. The van der Waals surface area contributed by atoms with Crippen LogP contribution in [0.3, 0.4) is 0 Å². The van der Waals surface area contributed by atoms with E-state index in [1.807, 2.05) is 0 Å². The van der Waals surface area contributed by atoms with Crippen molar-refractivity contribution >= 4 is 0 Å². The van der Waals surface area contributed by atoms with Crippen LogP contribution in [0.2, 0.25) is 0 Å². The largest absolute Gasteiger partial charge is 0.0999 e. The van der Waals surface area contributed by atoms with Crippen molar-refractivity contribution in [3.8, 4) is 0 Å². The summed E-state index contributed by atoms with van der Waals surface area (Å²) in [6, 6.07) is 0. The van der Waals surface area contributed by atoms with Crippen LogP contribution in [0.15, 0.2) is 12.2 Å². The highest BCUT2D eigenvalue weighted by Crippen LogP contribution is 2.62. The smallest absolute Gasteiger partial charge is 0.0243 e. The number of allylic oxidation sites excluding steroid dienone is 1. The molecular weight excluding hydrogens is 204 g/mol. The average Bonchev–Trinajstić information content (AvgIpc) is 2.90. The van der Waals surface area contributed by atoms with Crippen molar-refractivity contribution in [1.29, 1.82) is 0 Å². The van der Waals surface area contributed by atoms with Gasteiger partial charge in [-0.15, -0.1) is 0 Å². The van der Waals surface area contributed by atoms with Crippen LogP contribution in [0.5, 0.6) is 0 Å². The van der Waals surface area contributed by atoms with Gasteiger partial charge in [0, 0.05) is 0 Å². The fourth-order valence-corrected chi connectivity index (χ4v) is 3.61. The van der Waals surface area contributed by atoms with Crippen molar-refractivity contribution in [2.24, 2.45) is 23.2 Å². The topological polar surface area (TPSA) is 0 Å². The molecule has 100 valence electrons. The van der Waals surface area contributed by atoms with Crippen LogP contribution in [0, 0.1) is 23.2 Å². The highest BCUT2D eigenvalue weighted by Gasteiger charge is 2.53. The zero-order chi connectivity index (χ0) is 13.1. The minimum absolute atomic E-state index is 0.701. The van der Waals surface area contributed by atoms with Gasteiger partial charge in [0.15, 0.2) is 0 Å². The molecule has 17 heavy (non-hydrogen) atoms. The van der Waals surface area contributed by atoms with Crippen molar-refractivity contribution in [3.05, 3.63) is 12.2 Å². The molecule has 0 radical (unpaired) electrons. The zero-order valence-corrected chi connectivity index (χ0v) is 12.7. The van der Waals surface area contributed by atoms with E-state index < -0.39 is 0 Å². The molecule has 0 saturated heterocycles. The summed E-state index contributed by atoms with van der Waals surface area (Å²) in [7, 11) is 0. The molecule has 0 bridgehead atoms. The van der Waals surface area contributed by atoms with Gasteiger partial charge < -0.3 is 0 Å². The minimum Gasteiger partial charge on any atom is -0.0999 e. The van der Waals surface area contributed by atoms with Crippen molar-refractivity contribution in [1.82, 2.24) is 0 Å². The SMILES string of the molecule is C=C(CCC1CC1(CCC)C(C)C)CC(C)C. The number of rotatable bonds is 8. The molecule has 0 spiro atoms. The average molecular weight is 236 g/mol. The van der Waals surface area contributed by atoms with E-state index in [0.29, 0.717) is 5.41 Å². The van der Waals surface area contributed by atoms with E-state index in [4.69, 9.17) is 0 Å². The third-order valence-corrected chi connectivity index (χ3v) is 4.69. The molecule has 0 nitrogen and oxygen atoms in total. The van der Waals surface area contributed by atoms with Crippen LogP contribution in [0.1, 0.15) is 73.1 Å².